The highest BCUT2D eigenvalue weighted by atomic mass is 19.1. The van der Waals surface area contributed by atoms with E-state index in [-0.39, 0.29) is 29.9 Å². The summed E-state index contributed by atoms with van der Waals surface area (Å²) in [5, 5.41) is 2.80. The number of ether oxygens (including phenoxy) is 1. The van der Waals surface area contributed by atoms with Gasteiger partial charge in [0.2, 0.25) is 0 Å². The first kappa shape index (κ1) is 17.4. The SMILES string of the molecule is Nc1ncccc1C(=O)NCc1ccc(COc2ccccc2F)cc1. The van der Waals surface area contributed by atoms with Gasteiger partial charge in [0.05, 0.1) is 5.56 Å². The van der Waals surface area contributed by atoms with Crippen LogP contribution in [0.25, 0.3) is 0 Å². The average Bonchev–Trinajstić information content (AvgIpc) is 2.67. The fraction of sp³-hybridized carbons (Fsp3) is 0.100. The van der Waals surface area contributed by atoms with Crippen LogP contribution in [0.15, 0.2) is 66.9 Å². The van der Waals surface area contributed by atoms with E-state index in [1.54, 1.807) is 30.3 Å². The van der Waals surface area contributed by atoms with Gasteiger partial charge in [0, 0.05) is 12.7 Å². The predicted octanol–water partition coefficient (Wildman–Crippen LogP) is 3.31. The molecular formula is C20H18FN3O2. The van der Waals surface area contributed by atoms with Gasteiger partial charge in [-0.1, -0.05) is 36.4 Å². The molecule has 0 bridgehead atoms. The van der Waals surface area contributed by atoms with Gasteiger partial charge in [-0.2, -0.15) is 0 Å². The van der Waals surface area contributed by atoms with E-state index in [1.807, 2.05) is 24.3 Å². The van der Waals surface area contributed by atoms with Crippen molar-refractivity contribution in [2.45, 2.75) is 13.2 Å². The quantitative estimate of drug-likeness (QED) is 0.714. The lowest BCUT2D eigenvalue weighted by molar-refractivity contribution is 0.0951. The molecule has 0 aliphatic carbocycles. The normalized spacial score (nSPS) is 10.3. The van der Waals surface area contributed by atoms with Crippen molar-refractivity contribution in [3.05, 3.63) is 89.4 Å². The number of rotatable bonds is 6. The van der Waals surface area contributed by atoms with E-state index < -0.39 is 0 Å². The predicted molar refractivity (Wildman–Crippen MR) is 97.0 cm³/mol. The second-order valence-corrected chi connectivity index (χ2v) is 5.65. The van der Waals surface area contributed by atoms with Crippen LogP contribution in [-0.4, -0.2) is 10.9 Å². The lowest BCUT2D eigenvalue weighted by atomic mass is 10.1. The molecule has 2 aromatic carbocycles. The van der Waals surface area contributed by atoms with Crippen molar-refractivity contribution in [1.29, 1.82) is 0 Å². The second kappa shape index (κ2) is 8.11. The maximum absolute atomic E-state index is 13.5. The molecule has 132 valence electrons. The molecule has 6 heteroatoms. The Morgan fingerprint density at radius 1 is 1.04 bits per heavy atom. The molecule has 0 aliphatic heterocycles. The van der Waals surface area contributed by atoms with Gasteiger partial charge >= 0.3 is 0 Å². The van der Waals surface area contributed by atoms with Crippen LogP contribution in [-0.2, 0) is 13.2 Å². The smallest absolute Gasteiger partial charge is 0.255 e. The molecular weight excluding hydrogens is 333 g/mol. The molecule has 3 rings (SSSR count). The molecule has 5 nitrogen and oxygen atoms in total. The first-order chi connectivity index (χ1) is 12.6. The molecule has 1 heterocycles. The Labute approximate surface area is 150 Å². The summed E-state index contributed by atoms with van der Waals surface area (Å²) in [6.07, 6.45) is 1.54. The van der Waals surface area contributed by atoms with Crippen LogP contribution in [0, 0.1) is 5.82 Å². The molecule has 0 spiro atoms. The van der Waals surface area contributed by atoms with Gasteiger partial charge in [0.25, 0.3) is 5.91 Å². The van der Waals surface area contributed by atoms with E-state index >= 15 is 0 Å². The Bertz CT molecular complexity index is 898. The Balaban J connectivity index is 1.54. The van der Waals surface area contributed by atoms with Crippen molar-refractivity contribution in [3.8, 4) is 5.75 Å². The number of anilines is 1. The van der Waals surface area contributed by atoms with Crippen LogP contribution < -0.4 is 15.8 Å². The van der Waals surface area contributed by atoms with Crippen LogP contribution >= 0.6 is 0 Å². The number of pyridine rings is 1. The van der Waals surface area contributed by atoms with Crippen LogP contribution in [0.1, 0.15) is 21.5 Å². The number of amides is 1. The van der Waals surface area contributed by atoms with Crippen molar-refractivity contribution < 1.29 is 13.9 Å². The number of carbonyl (C=O) groups is 1. The number of hydrogen-bond donors (Lipinski definition) is 2. The summed E-state index contributed by atoms with van der Waals surface area (Å²) < 4.78 is 19.0. The molecule has 26 heavy (non-hydrogen) atoms. The van der Waals surface area contributed by atoms with E-state index in [2.05, 4.69) is 10.3 Å². The van der Waals surface area contributed by atoms with E-state index in [1.165, 1.54) is 12.3 Å². The molecule has 0 saturated carbocycles. The summed E-state index contributed by atoms with van der Waals surface area (Å²) in [5.41, 5.74) is 7.87. The molecule has 0 saturated heterocycles. The Hall–Kier alpha value is -3.41. The zero-order chi connectivity index (χ0) is 18.4. The average molecular weight is 351 g/mol. The van der Waals surface area contributed by atoms with Gasteiger partial charge in [-0.15, -0.1) is 0 Å². The number of nitrogens with zero attached hydrogens (tertiary/aromatic N) is 1. The number of benzene rings is 2. The molecule has 0 unspecified atom stereocenters. The number of para-hydroxylation sites is 1. The van der Waals surface area contributed by atoms with Gasteiger partial charge in [-0.3, -0.25) is 4.79 Å². The van der Waals surface area contributed by atoms with E-state index in [4.69, 9.17) is 10.5 Å². The van der Waals surface area contributed by atoms with Crippen molar-refractivity contribution >= 4 is 11.7 Å². The molecule has 0 atom stereocenters. The summed E-state index contributed by atoms with van der Waals surface area (Å²) in [6, 6.07) is 17.1. The summed E-state index contributed by atoms with van der Waals surface area (Å²) in [7, 11) is 0. The molecule has 0 radical (unpaired) electrons. The third kappa shape index (κ3) is 4.36. The van der Waals surface area contributed by atoms with Gasteiger partial charge < -0.3 is 15.8 Å². The van der Waals surface area contributed by atoms with E-state index in [0.717, 1.165) is 11.1 Å². The number of aromatic nitrogens is 1. The molecule has 1 amide bonds. The standard InChI is InChI=1S/C20H18FN3O2/c21-17-5-1-2-6-18(17)26-13-15-9-7-14(8-10-15)12-24-20(25)16-4-3-11-23-19(16)22/h1-11H,12-13H2,(H2,22,23)(H,24,25). The molecule has 3 aromatic rings. The van der Waals surface area contributed by atoms with Crippen LogP contribution in [0.5, 0.6) is 5.75 Å². The van der Waals surface area contributed by atoms with Crippen LogP contribution in [0.3, 0.4) is 0 Å². The highest BCUT2D eigenvalue weighted by Gasteiger charge is 2.09. The number of nitrogens with one attached hydrogen (secondary N) is 1. The van der Waals surface area contributed by atoms with Gasteiger partial charge in [-0.25, -0.2) is 9.37 Å². The minimum atomic E-state index is -0.387. The highest BCUT2D eigenvalue weighted by Crippen LogP contribution is 2.17. The summed E-state index contributed by atoms with van der Waals surface area (Å²) in [5.74, 6) is -0.243. The number of nitrogen functional groups attached to an aromatic ring is 1. The first-order valence-corrected chi connectivity index (χ1v) is 8.07. The fourth-order valence-electron chi connectivity index (χ4n) is 2.36. The lowest BCUT2D eigenvalue weighted by Gasteiger charge is -2.09. The number of hydrogen-bond acceptors (Lipinski definition) is 4. The van der Waals surface area contributed by atoms with Crippen molar-refractivity contribution in [2.75, 3.05) is 5.73 Å². The largest absolute Gasteiger partial charge is 0.486 e. The molecule has 0 aliphatic rings. The fourth-order valence-corrected chi connectivity index (χ4v) is 2.36. The highest BCUT2D eigenvalue weighted by molar-refractivity contribution is 5.98. The first-order valence-electron chi connectivity index (χ1n) is 8.07. The maximum Gasteiger partial charge on any atom is 0.255 e. The summed E-state index contributed by atoms with van der Waals surface area (Å²) in [6.45, 7) is 0.626. The minimum Gasteiger partial charge on any atom is -0.486 e. The second-order valence-electron chi connectivity index (χ2n) is 5.65. The van der Waals surface area contributed by atoms with Crippen molar-refractivity contribution in [2.24, 2.45) is 0 Å². The number of halogens is 1. The van der Waals surface area contributed by atoms with Crippen LogP contribution in [0.2, 0.25) is 0 Å². The van der Waals surface area contributed by atoms with Crippen LogP contribution in [0.4, 0.5) is 10.2 Å². The van der Waals surface area contributed by atoms with Gasteiger partial charge in [0.1, 0.15) is 12.4 Å². The van der Waals surface area contributed by atoms with Crippen molar-refractivity contribution in [3.63, 3.8) is 0 Å². The Morgan fingerprint density at radius 2 is 1.77 bits per heavy atom. The minimum absolute atomic E-state index is 0.200. The van der Waals surface area contributed by atoms with Gasteiger partial charge in [-0.05, 0) is 35.4 Å². The number of nitrogens with two attached hydrogens (primary N) is 1. The van der Waals surface area contributed by atoms with Gasteiger partial charge in [0.15, 0.2) is 11.6 Å². The van der Waals surface area contributed by atoms with E-state index in [9.17, 15) is 9.18 Å². The topological polar surface area (TPSA) is 77.2 Å². The number of carbonyl (C=O) groups excluding carboxylic acids is 1. The third-order valence-corrected chi connectivity index (χ3v) is 3.79. The maximum atomic E-state index is 13.5. The third-order valence-electron chi connectivity index (χ3n) is 3.79. The lowest BCUT2D eigenvalue weighted by Crippen LogP contribution is -2.24. The molecule has 3 N–H and O–H groups in total. The summed E-state index contributed by atoms with van der Waals surface area (Å²) in [4.78, 5) is 16.0. The summed E-state index contributed by atoms with van der Waals surface area (Å²) >= 11 is 0. The molecule has 1 aromatic heterocycles. The zero-order valence-corrected chi connectivity index (χ0v) is 14.0. The van der Waals surface area contributed by atoms with Crippen molar-refractivity contribution in [1.82, 2.24) is 10.3 Å². The monoisotopic (exact) mass is 351 g/mol. The Morgan fingerprint density at radius 3 is 2.50 bits per heavy atom. The zero-order valence-electron chi connectivity index (χ0n) is 14.0. The van der Waals surface area contributed by atoms with E-state index in [0.29, 0.717) is 12.1 Å². The Kier molecular flexibility index (Phi) is 5.43. The molecule has 0 fully saturated rings.